The molecule has 1 saturated heterocycles. The van der Waals surface area contributed by atoms with Crippen molar-refractivity contribution < 1.29 is 9.53 Å². The predicted octanol–water partition coefficient (Wildman–Crippen LogP) is 4.60. The van der Waals surface area contributed by atoms with E-state index in [1.807, 2.05) is 66.2 Å². The van der Waals surface area contributed by atoms with Crippen molar-refractivity contribution in [2.75, 3.05) is 11.4 Å². The van der Waals surface area contributed by atoms with E-state index >= 15 is 0 Å². The number of anilines is 1. The van der Waals surface area contributed by atoms with Crippen molar-refractivity contribution in [2.45, 2.75) is 32.9 Å². The first-order chi connectivity index (χ1) is 13.6. The molecule has 144 valence electrons. The number of benzene rings is 2. The third-order valence-electron chi connectivity index (χ3n) is 4.90. The summed E-state index contributed by atoms with van der Waals surface area (Å²) in [6.07, 6.45) is 1.48. The molecule has 28 heavy (non-hydrogen) atoms. The highest BCUT2D eigenvalue weighted by Crippen LogP contribution is 2.27. The first-order valence-electron chi connectivity index (χ1n) is 9.40. The number of hydrogen-bond donors (Lipinski definition) is 0. The number of carbonyl (C=O) groups is 1. The van der Waals surface area contributed by atoms with Gasteiger partial charge in [-0.2, -0.15) is 5.10 Å². The lowest BCUT2D eigenvalue weighted by Crippen LogP contribution is -2.24. The molecule has 0 aliphatic carbocycles. The van der Waals surface area contributed by atoms with E-state index < -0.39 is 0 Å². The van der Waals surface area contributed by atoms with Gasteiger partial charge in [0.25, 0.3) is 0 Å². The summed E-state index contributed by atoms with van der Waals surface area (Å²) in [6.45, 7) is 3.74. The Morgan fingerprint density at radius 1 is 1.14 bits per heavy atom. The molecule has 5 nitrogen and oxygen atoms in total. The molecule has 1 aliphatic rings. The van der Waals surface area contributed by atoms with Crippen LogP contribution in [0.1, 0.15) is 29.7 Å². The lowest BCUT2D eigenvalue weighted by molar-refractivity contribution is -0.117. The van der Waals surface area contributed by atoms with Crippen LogP contribution in [0.15, 0.2) is 54.6 Å². The number of halogens is 1. The van der Waals surface area contributed by atoms with Gasteiger partial charge in [0, 0.05) is 35.3 Å². The molecular weight excluding hydrogens is 374 g/mol. The van der Waals surface area contributed by atoms with Gasteiger partial charge in [0.05, 0.1) is 6.54 Å². The Labute approximate surface area is 169 Å². The summed E-state index contributed by atoms with van der Waals surface area (Å²) in [6, 6.07) is 17.6. The smallest absolute Gasteiger partial charge is 0.228 e. The fourth-order valence-corrected chi connectivity index (χ4v) is 3.58. The van der Waals surface area contributed by atoms with E-state index in [-0.39, 0.29) is 5.91 Å². The maximum atomic E-state index is 12.0. The Hall–Kier alpha value is -2.79. The van der Waals surface area contributed by atoms with Crippen LogP contribution in [0.3, 0.4) is 0 Å². The fourth-order valence-electron chi connectivity index (χ4n) is 3.38. The molecule has 6 heteroatoms. The van der Waals surface area contributed by atoms with Crippen molar-refractivity contribution >= 4 is 23.3 Å². The largest absolute Gasteiger partial charge is 0.489 e. The maximum Gasteiger partial charge on any atom is 0.228 e. The quantitative estimate of drug-likeness (QED) is 0.612. The van der Waals surface area contributed by atoms with Crippen LogP contribution in [0.5, 0.6) is 5.75 Å². The zero-order chi connectivity index (χ0) is 19.5. The third-order valence-corrected chi connectivity index (χ3v) is 5.13. The second-order valence-electron chi connectivity index (χ2n) is 6.98. The molecule has 0 unspecified atom stereocenters. The normalized spacial score (nSPS) is 13.9. The summed E-state index contributed by atoms with van der Waals surface area (Å²) in [5, 5.41) is 5.30. The van der Waals surface area contributed by atoms with Crippen LogP contribution in [0.2, 0.25) is 5.02 Å². The van der Waals surface area contributed by atoms with Crippen LogP contribution in [0.4, 0.5) is 5.82 Å². The molecule has 0 N–H and O–H groups in total. The molecular formula is C22H22ClN3O2. The molecule has 2 heterocycles. The van der Waals surface area contributed by atoms with Crippen molar-refractivity contribution in [1.29, 1.82) is 0 Å². The first-order valence-corrected chi connectivity index (χ1v) is 9.78. The van der Waals surface area contributed by atoms with Crippen LogP contribution >= 0.6 is 11.6 Å². The molecule has 4 rings (SSSR count). The first kappa shape index (κ1) is 18.6. The molecule has 0 atom stereocenters. The third kappa shape index (κ3) is 4.04. The summed E-state index contributed by atoms with van der Waals surface area (Å²) in [5.74, 6) is 1.63. The van der Waals surface area contributed by atoms with Gasteiger partial charge in [0.1, 0.15) is 12.4 Å². The number of hydrogen-bond acceptors (Lipinski definition) is 3. The number of carbonyl (C=O) groups excluding carboxylic acids is 1. The van der Waals surface area contributed by atoms with E-state index in [2.05, 4.69) is 5.10 Å². The maximum absolute atomic E-state index is 12.0. The predicted molar refractivity (Wildman–Crippen MR) is 110 cm³/mol. The van der Waals surface area contributed by atoms with E-state index in [4.69, 9.17) is 16.3 Å². The van der Waals surface area contributed by atoms with Crippen molar-refractivity contribution in [2.24, 2.45) is 0 Å². The number of rotatable bonds is 6. The molecule has 1 aliphatic heterocycles. The molecule has 2 aromatic carbocycles. The van der Waals surface area contributed by atoms with Crippen LogP contribution in [0.25, 0.3) is 0 Å². The van der Waals surface area contributed by atoms with Crippen molar-refractivity contribution in [3.05, 3.63) is 76.4 Å². The lowest BCUT2D eigenvalue weighted by atomic mass is 10.2. The van der Waals surface area contributed by atoms with Crippen molar-refractivity contribution in [3.8, 4) is 5.75 Å². The highest BCUT2D eigenvalue weighted by Gasteiger charge is 2.24. The van der Waals surface area contributed by atoms with Gasteiger partial charge in [-0.3, -0.25) is 14.4 Å². The van der Waals surface area contributed by atoms with Crippen molar-refractivity contribution in [3.63, 3.8) is 0 Å². The van der Waals surface area contributed by atoms with Crippen LogP contribution in [0, 0.1) is 6.92 Å². The Morgan fingerprint density at radius 2 is 1.96 bits per heavy atom. The minimum atomic E-state index is 0.138. The Kier molecular flexibility index (Phi) is 5.35. The molecule has 0 radical (unpaired) electrons. The molecule has 0 saturated carbocycles. The average molecular weight is 396 g/mol. The van der Waals surface area contributed by atoms with Gasteiger partial charge in [-0.25, -0.2) is 0 Å². The average Bonchev–Trinajstić information content (AvgIpc) is 3.27. The Bertz CT molecular complexity index is 985. The van der Waals surface area contributed by atoms with Crippen molar-refractivity contribution in [1.82, 2.24) is 9.78 Å². The molecule has 3 aromatic rings. The van der Waals surface area contributed by atoms with Crippen LogP contribution in [-0.2, 0) is 17.9 Å². The van der Waals surface area contributed by atoms with Crippen LogP contribution in [-0.4, -0.2) is 22.2 Å². The van der Waals surface area contributed by atoms with Crippen LogP contribution < -0.4 is 9.64 Å². The zero-order valence-corrected chi connectivity index (χ0v) is 16.5. The van der Waals surface area contributed by atoms with Gasteiger partial charge < -0.3 is 4.74 Å². The molecule has 0 spiro atoms. The van der Waals surface area contributed by atoms with E-state index in [1.165, 1.54) is 0 Å². The molecule has 1 aromatic heterocycles. The van der Waals surface area contributed by atoms with E-state index in [1.54, 1.807) is 4.90 Å². The minimum Gasteiger partial charge on any atom is -0.489 e. The van der Waals surface area contributed by atoms with Gasteiger partial charge in [-0.15, -0.1) is 0 Å². The highest BCUT2D eigenvalue weighted by atomic mass is 35.5. The van der Waals surface area contributed by atoms with E-state index in [0.717, 1.165) is 35.5 Å². The standard InChI is InChI=1S/C22H22ClN3O2/c1-16-12-21(25-11-5-8-22(25)27)24-26(16)14-18-13-19(23)9-10-20(18)28-15-17-6-3-2-4-7-17/h2-4,6-7,9-10,12-13H,5,8,11,14-15H2,1H3. The second kappa shape index (κ2) is 8.07. The zero-order valence-electron chi connectivity index (χ0n) is 15.8. The minimum absolute atomic E-state index is 0.138. The summed E-state index contributed by atoms with van der Waals surface area (Å²) in [5.41, 5.74) is 3.05. The fraction of sp³-hybridized carbons (Fsp3) is 0.273. The Morgan fingerprint density at radius 3 is 2.71 bits per heavy atom. The number of aryl methyl sites for hydroxylation is 1. The summed E-state index contributed by atoms with van der Waals surface area (Å²) >= 11 is 6.23. The number of aromatic nitrogens is 2. The van der Waals surface area contributed by atoms with Gasteiger partial charge in [-0.1, -0.05) is 41.9 Å². The van der Waals surface area contributed by atoms with Gasteiger partial charge in [0.15, 0.2) is 5.82 Å². The summed E-state index contributed by atoms with van der Waals surface area (Å²) < 4.78 is 7.94. The van der Waals surface area contributed by atoms with Gasteiger partial charge in [-0.05, 0) is 37.1 Å². The monoisotopic (exact) mass is 395 g/mol. The van der Waals surface area contributed by atoms with E-state index in [0.29, 0.717) is 30.4 Å². The summed E-state index contributed by atoms with van der Waals surface area (Å²) in [7, 11) is 0. The van der Waals surface area contributed by atoms with E-state index in [9.17, 15) is 4.79 Å². The topological polar surface area (TPSA) is 47.4 Å². The SMILES string of the molecule is Cc1cc(N2CCCC2=O)nn1Cc1cc(Cl)ccc1OCc1ccccc1. The Balaban J connectivity index is 1.55. The number of amides is 1. The summed E-state index contributed by atoms with van der Waals surface area (Å²) in [4.78, 5) is 13.8. The number of nitrogens with zero attached hydrogens (tertiary/aromatic N) is 3. The number of ether oxygens (including phenoxy) is 1. The highest BCUT2D eigenvalue weighted by molar-refractivity contribution is 6.30. The lowest BCUT2D eigenvalue weighted by Gasteiger charge is -2.14. The molecule has 0 bridgehead atoms. The second-order valence-corrected chi connectivity index (χ2v) is 7.41. The molecule has 1 amide bonds. The van der Waals surface area contributed by atoms with Gasteiger partial charge in [0.2, 0.25) is 5.91 Å². The molecule has 1 fully saturated rings. The van der Waals surface area contributed by atoms with Gasteiger partial charge >= 0.3 is 0 Å².